The standard InChI is InChI=1S/C14H18O6/c1-4-18-10-6-7-12(15)11(8-10)14(17)20-9(3)13(16)19-5-2/h6-9,15H,4-5H2,1-3H3. The largest absolute Gasteiger partial charge is 0.507 e. The lowest BCUT2D eigenvalue weighted by atomic mass is 10.2. The van der Waals surface area contributed by atoms with Crippen LogP contribution in [0.15, 0.2) is 18.2 Å². The summed E-state index contributed by atoms with van der Waals surface area (Å²) < 4.78 is 14.9. The molecule has 1 unspecified atom stereocenters. The van der Waals surface area contributed by atoms with Crippen molar-refractivity contribution in [2.75, 3.05) is 13.2 Å². The molecule has 0 bridgehead atoms. The van der Waals surface area contributed by atoms with Crippen molar-refractivity contribution in [3.63, 3.8) is 0 Å². The van der Waals surface area contributed by atoms with E-state index >= 15 is 0 Å². The summed E-state index contributed by atoms with van der Waals surface area (Å²) in [5.41, 5.74) is -0.0629. The molecular formula is C14H18O6. The summed E-state index contributed by atoms with van der Waals surface area (Å²) in [5, 5.41) is 9.66. The maximum atomic E-state index is 11.9. The van der Waals surface area contributed by atoms with Gasteiger partial charge in [0.2, 0.25) is 0 Å². The highest BCUT2D eigenvalue weighted by Gasteiger charge is 2.22. The van der Waals surface area contributed by atoms with E-state index in [1.165, 1.54) is 25.1 Å². The molecule has 6 heteroatoms. The Morgan fingerprint density at radius 1 is 1.25 bits per heavy atom. The van der Waals surface area contributed by atoms with Crippen LogP contribution in [-0.4, -0.2) is 36.4 Å². The first-order valence-corrected chi connectivity index (χ1v) is 6.33. The molecular weight excluding hydrogens is 264 g/mol. The Kier molecular flexibility index (Phi) is 5.83. The molecule has 0 amide bonds. The highest BCUT2D eigenvalue weighted by Crippen LogP contribution is 2.24. The number of ether oxygens (including phenoxy) is 3. The lowest BCUT2D eigenvalue weighted by Gasteiger charge is -2.13. The fraction of sp³-hybridized carbons (Fsp3) is 0.429. The van der Waals surface area contributed by atoms with Gasteiger partial charge in [-0.3, -0.25) is 0 Å². The molecule has 0 fully saturated rings. The number of hydrogen-bond donors (Lipinski definition) is 1. The summed E-state index contributed by atoms with van der Waals surface area (Å²) in [7, 11) is 0. The van der Waals surface area contributed by atoms with Crippen LogP contribution in [0, 0.1) is 0 Å². The Labute approximate surface area is 117 Å². The van der Waals surface area contributed by atoms with E-state index in [4.69, 9.17) is 14.2 Å². The minimum absolute atomic E-state index is 0.0629. The van der Waals surface area contributed by atoms with Crippen LogP contribution < -0.4 is 4.74 Å². The fourth-order valence-electron chi connectivity index (χ4n) is 1.47. The number of esters is 2. The zero-order valence-electron chi connectivity index (χ0n) is 11.7. The normalized spacial score (nSPS) is 11.6. The Bertz CT molecular complexity index is 483. The van der Waals surface area contributed by atoms with Crippen molar-refractivity contribution >= 4 is 11.9 Å². The third-order valence-electron chi connectivity index (χ3n) is 2.40. The second-order valence-corrected chi connectivity index (χ2v) is 3.91. The predicted octanol–water partition coefficient (Wildman–Crippen LogP) is 1.90. The average Bonchev–Trinajstić information content (AvgIpc) is 2.41. The van der Waals surface area contributed by atoms with Gasteiger partial charge in [-0.1, -0.05) is 0 Å². The van der Waals surface area contributed by atoms with E-state index in [0.717, 1.165) is 0 Å². The maximum absolute atomic E-state index is 11.9. The summed E-state index contributed by atoms with van der Waals surface area (Å²) in [6.45, 7) is 5.49. The van der Waals surface area contributed by atoms with Crippen LogP contribution in [0.4, 0.5) is 0 Å². The number of benzene rings is 1. The number of phenols is 1. The molecule has 0 saturated carbocycles. The van der Waals surface area contributed by atoms with E-state index < -0.39 is 18.0 Å². The molecule has 0 aliphatic carbocycles. The maximum Gasteiger partial charge on any atom is 0.347 e. The molecule has 1 aromatic rings. The van der Waals surface area contributed by atoms with Crippen molar-refractivity contribution in [3.8, 4) is 11.5 Å². The monoisotopic (exact) mass is 282 g/mol. The number of carbonyl (C=O) groups excluding carboxylic acids is 2. The fourth-order valence-corrected chi connectivity index (χ4v) is 1.47. The Morgan fingerprint density at radius 3 is 2.55 bits per heavy atom. The SMILES string of the molecule is CCOC(=O)C(C)OC(=O)c1cc(OCC)ccc1O. The highest BCUT2D eigenvalue weighted by molar-refractivity contribution is 5.94. The molecule has 0 aliphatic heterocycles. The summed E-state index contributed by atoms with van der Waals surface area (Å²) in [4.78, 5) is 23.3. The van der Waals surface area contributed by atoms with Gasteiger partial charge in [-0.15, -0.1) is 0 Å². The minimum Gasteiger partial charge on any atom is -0.507 e. The van der Waals surface area contributed by atoms with Gasteiger partial charge in [0.05, 0.1) is 13.2 Å². The molecule has 110 valence electrons. The minimum atomic E-state index is -1.04. The van der Waals surface area contributed by atoms with E-state index in [1.54, 1.807) is 13.8 Å². The topological polar surface area (TPSA) is 82.1 Å². The summed E-state index contributed by atoms with van der Waals surface area (Å²) in [6.07, 6.45) is -1.04. The van der Waals surface area contributed by atoms with Crippen LogP contribution >= 0.6 is 0 Å². The highest BCUT2D eigenvalue weighted by atomic mass is 16.6. The van der Waals surface area contributed by atoms with Gasteiger partial charge < -0.3 is 19.3 Å². The van der Waals surface area contributed by atoms with Crippen LogP contribution in [0.5, 0.6) is 11.5 Å². The molecule has 1 N–H and O–H groups in total. The van der Waals surface area contributed by atoms with E-state index in [9.17, 15) is 14.7 Å². The third kappa shape index (κ3) is 4.15. The van der Waals surface area contributed by atoms with Crippen molar-refractivity contribution in [3.05, 3.63) is 23.8 Å². The van der Waals surface area contributed by atoms with Crippen molar-refractivity contribution in [1.29, 1.82) is 0 Å². The van der Waals surface area contributed by atoms with Gasteiger partial charge in [-0.25, -0.2) is 9.59 Å². The lowest BCUT2D eigenvalue weighted by molar-refractivity contribution is -0.152. The molecule has 20 heavy (non-hydrogen) atoms. The van der Waals surface area contributed by atoms with Gasteiger partial charge in [-0.2, -0.15) is 0 Å². The van der Waals surface area contributed by atoms with E-state index in [0.29, 0.717) is 12.4 Å². The molecule has 0 spiro atoms. The van der Waals surface area contributed by atoms with Gasteiger partial charge in [-0.05, 0) is 39.0 Å². The number of carbonyl (C=O) groups is 2. The quantitative estimate of drug-likeness (QED) is 0.802. The van der Waals surface area contributed by atoms with E-state index in [2.05, 4.69) is 0 Å². The van der Waals surface area contributed by atoms with Crippen LogP contribution in [0.2, 0.25) is 0 Å². The average molecular weight is 282 g/mol. The van der Waals surface area contributed by atoms with E-state index in [1.807, 2.05) is 0 Å². The first-order valence-electron chi connectivity index (χ1n) is 6.33. The second-order valence-electron chi connectivity index (χ2n) is 3.91. The van der Waals surface area contributed by atoms with Crippen molar-refractivity contribution in [2.24, 2.45) is 0 Å². The van der Waals surface area contributed by atoms with Gasteiger partial charge in [0.1, 0.15) is 17.1 Å². The van der Waals surface area contributed by atoms with Crippen LogP contribution in [-0.2, 0) is 14.3 Å². The van der Waals surface area contributed by atoms with Crippen LogP contribution in [0.25, 0.3) is 0 Å². The van der Waals surface area contributed by atoms with Gasteiger partial charge >= 0.3 is 11.9 Å². The summed E-state index contributed by atoms with van der Waals surface area (Å²) in [5.74, 6) is -1.26. The zero-order chi connectivity index (χ0) is 15.1. The Hall–Kier alpha value is -2.24. The first kappa shape index (κ1) is 15.8. The van der Waals surface area contributed by atoms with Crippen molar-refractivity contribution in [1.82, 2.24) is 0 Å². The molecule has 1 rings (SSSR count). The third-order valence-corrected chi connectivity index (χ3v) is 2.40. The number of hydrogen-bond acceptors (Lipinski definition) is 6. The van der Waals surface area contributed by atoms with Crippen molar-refractivity contribution in [2.45, 2.75) is 26.9 Å². The molecule has 0 aliphatic rings. The predicted molar refractivity (Wildman–Crippen MR) is 70.8 cm³/mol. The molecule has 6 nitrogen and oxygen atoms in total. The first-order chi connectivity index (χ1) is 9.49. The number of aromatic hydroxyl groups is 1. The van der Waals surface area contributed by atoms with Gasteiger partial charge in [0, 0.05) is 0 Å². The number of phenolic OH excluding ortho intramolecular Hbond substituents is 1. The smallest absolute Gasteiger partial charge is 0.347 e. The summed E-state index contributed by atoms with van der Waals surface area (Å²) >= 11 is 0. The molecule has 0 aromatic heterocycles. The van der Waals surface area contributed by atoms with E-state index in [-0.39, 0.29) is 17.9 Å². The molecule has 0 radical (unpaired) electrons. The second kappa shape index (κ2) is 7.37. The van der Waals surface area contributed by atoms with Crippen molar-refractivity contribution < 1.29 is 28.9 Å². The molecule has 0 saturated heterocycles. The number of rotatable bonds is 6. The van der Waals surface area contributed by atoms with Gasteiger partial charge in [0.25, 0.3) is 0 Å². The Morgan fingerprint density at radius 2 is 1.95 bits per heavy atom. The summed E-state index contributed by atoms with van der Waals surface area (Å²) in [6, 6.07) is 4.22. The van der Waals surface area contributed by atoms with Crippen LogP contribution in [0.3, 0.4) is 0 Å². The van der Waals surface area contributed by atoms with Crippen LogP contribution in [0.1, 0.15) is 31.1 Å². The lowest BCUT2D eigenvalue weighted by Crippen LogP contribution is -2.26. The molecule has 1 atom stereocenters. The Balaban J connectivity index is 2.81. The molecule has 0 heterocycles. The van der Waals surface area contributed by atoms with Gasteiger partial charge in [0.15, 0.2) is 6.10 Å². The molecule has 1 aromatic carbocycles. The zero-order valence-corrected chi connectivity index (χ0v) is 11.7.